The number of carboxylic acid groups (broad SMARTS) is 1. The van der Waals surface area contributed by atoms with Gasteiger partial charge < -0.3 is 14.8 Å². The molecule has 2 bridgehead atoms. The molecule has 3 heterocycles. The standard InChI is InChI=1S/C26H28N2O5S3/c1-33-13-8-6-12(7-9-13)17-18-14-11-15(21(18)35-23-22(17)36-26(34)27-23)20-19(14)24(31)28(25(20)32)10-4-2-3-5-16(29)30/h6-9,14-15,17-21H,2-5,10-11H2,1H3,(H,27,34)(H,29,30). The number of nitrogens with zero attached hydrogens (tertiary/aromatic N) is 1. The summed E-state index contributed by atoms with van der Waals surface area (Å²) in [7, 11) is 1.66. The zero-order valence-electron chi connectivity index (χ0n) is 19.8. The summed E-state index contributed by atoms with van der Waals surface area (Å²) < 4.78 is 6.14. The van der Waals surface area contributed by atoms with Crippen molar-refractivity contribution in [1.82, 2.24) is 9.88 Å². The first-order chi connectivity index (χ1) is 17.4. The van der Waals surface area contributed by atoms with Crippen molar-refractivity contribution in [2.75, 3.05) is 13.7 Å². The van der Waals surface area contributed by atoms with Gasteiger partial charge in [0.25, 0.3) is 0 Å². The Morgan fingerprint density at radius 2 is 1.86 bits per heavy atom. The van der Waals surface area contributed by atoms with Gasteiger partial charge in [0.2, 0.25) is 11.8 Å². The van der Waals surface area contributed by atoms with Gasteiger partial charge in [-0.15, -0.1) is 23.1 Å². The predicted molar refractivity (Wildman–Crippen MR) is 139 cm³/mol. The number of carboxylic acids is 1. The molecule has 10 heteroatoms. The molecular formula is C26H28N2O5S3. The summed E-state index contributed by atoms with van der Waals surface area (Å²) in [6, 6.07) is 8.23. The molecule has 190 valence electrons. The molecule has 2 aromatic rings. The van der Waals surface area contributed by atoms with Crippen LogP contribution in [-0.2, 0) is 14.4 Å². The van der Waals surface area contributed by atoms with E-state index >= 15 is 0 Å². The topological polar surface area (TPSA) is 99.7 Å². The summed E-state index contributed by atoms with van der Waals surface area (Å²) in [4.78, 5) is 43.9. The van der Waals surface area contributed by atoms with E-state index in [1.165, 1.54) is 15.3 Å². The number of thiazole rings is 1. The number of amides is 2. The third-order valence-electron chi connectivity index (χ3n) is 8.56. The fourth-order valence-electron chi connectivity index (χ4n) is 7.21. The second-order valence-corrected chi connectivity index (χ2v) is 13.2. The number of fused-ring (bicyclic) bond motifs is 9. The van der Waals surface area contributed by atoms with E-state index in [0.717, 1.165) is 21.2 Å². The minimum Gasteiger partial charge on any atom is -0.497 e. The summed E-state index contributed by atoms with van der Waals surface area (Å²) in [5.41, 5.74) is 1.20. The van der Waals surface area contributed by atoms with Crippen LogP contribution in [-0.4, -0.2) is 51.7 Å². The number of thioether (sulfide) groups is 1. The van der Waals surface area contributed by atoms with E-state index in [1.54, 1.807) is 18.4 Å². The van der Waals surface area contributed by atoms with Crippen molar-refractivity contribution >= 4 is 53.1 Å². The number of ether oxygens (including phenoxy) is 1. The summed E-state index contributed by atoms with van der Waals surface area (Å²) >= 11 is 8.97. The number of nitrogens with one attached hydrogen (secondary N) is 1. The molecule has 2 saturated carbocycles. The molecule has 36 heavy (non-hydrogen) atoms. The van der Waals surface area contributed by atoms with E-state index in [4.69, 9.17) is 22.1 Å². The maximum absolute atomic E-state index is 13.6. The number of H-pyrrole nitrogens is 1. The number of carbonyl (C=O) groups is 3. The molecule has 0 spiro atoms. The molecule has 2 aliphatic heterocycles. The number of rotatable bonds is 8. The summed E-state index contributed by atoms with van der Waals surface area (Å²) in [5, 5.41) is 10.2. The number of hydrogen-bond donors (Lipinski definition) is 2. The third-order valence-corrected chi connectivity index (χ3v) is 11.5. The molecule has 1 aromatic carbocycles. The molecular weight excluding hydrogens is 516 g/mol. The lowest BCUT2D eigenvalue weighted by atomic mass is 9.68. The van der Waals surface area contributed by atoms with Gasteiger partial charge in [-0.25, -0.2) is 0 Å². The normalized spacial score (nSPS) is 31.9. The number of imide groups is 1. The number of carbonyl (C=O) groups excluding carboxylic acids is 2. The molecule has 7 atom stereocenters. The summed E-state index contributed by atoms with van der Waals surface area (Å²) in [6.45, 7) is 0.397. The minimum absolute atomic E-state index is 0.0137. The van der Waals surface area contributed by atoms with Gasteiger partial charge in [0.1, 0.15) is 5.75 Å². The average molecular weight is 545 g/mol. The monoisotopic (exact) mass is 544 g/mol. The molecule has 0 radical (unpaired) electrons. The zero-order valence-corrected chi connectivity index (χ0v) is 22.3. The van der Waals surface area contributed by atoms with E-state index < -0.39 is 5.97 Å². The Labute approximate surface area is 222 Å². The number of likely N-dealkylation sites (tertiary alicyclic amines) is 1. The van der Waals surface area contributed by atoms with Gasteiger partial charge in [0.05, 0.1) is 24.0 Å². The van der Waals surface area contributed by atoms with Crippen molar-refractivity contribution in [1.29, 1.82) is 0 Å². The van der Waals surface area contributed by atoms with Crippen LogP contribution in [0.5, 0.6) is 5.75 Å². The van der Waals surface area contributed by atoms with Gasteiger partial charge >= 0.3 is 5.97 Å². The Morgan fingerprint density at radius 1 is 1.14 bits per heavy atom. The van der Waals surface area contributed by atoms with Gasteiger partial charge in [-0.1, -0.05) is 18.6 Å². The molecule has 2 aliphatic carbocycles. The van der Waals surface area contributed by atoms with Crippen molar-refractivity contribution in [3.05, 3.63) is 38.7 Å². The van der Waals surface area contributed by atoms with Gasteiger partial charge in [0, 0.05) is 29.0 Å². The first-order valence-electron chi connectivity index (χ1n) is 12.5. The number of aliphatic carboxylic acids is 1. The molecule has 2 N–H and O–H groups in total. The fraction of sp³-hybridized carbons (Fsp3) is 0.538. The molecule has 7 unspecified atom stereocenters. The second-order valence-electron chi connectivity index (χ2n) is 10.3. The molecule has 1 aromatic heterocycles. The van der Waals surface area contributed by atoms with Crippen LogP contribution in [0.2, 0.25) is 0 Å². The van der Waals surface area contributed by atoms with Gasteiger partial charge in [-0.3, -0.25) is 19.3 Å². The molecule has 3 fully saturated rings. The third kappa shape index (κ3) is 3.75. The van der Waals surface area contributed by atoms with Crippen molar-refractivity contribution in [2.45, 2.75) is 48.3 Å². The Hall–Kier alpha value is -2.17. The molecule has 2 amide bonds. The minimum atomic E-state index is -0.810. The number of hydrogen-bond acceptors (Lipinski definition) is 7. The van der Waals surface area contributed by atoms with Gasteiger partial charge in [-0.2, -0.15) is 0 Å². The van der Waals surface area contributed by atoms with Gasteiger partial charge in [-0.05, 0) is 66.9 Å². The van der Waals surface area contributed by atoms with E-state index in [-0.39, 0.29) is 59.0 Å². The SMILES string of the molecule is COc1ccc(C2c3sc(=S)[nH]c3SC3C4CC(C5C(=O)N(CCCCCC(=O)O)C(=O)C45)C23)cc1. The fourth-order valence-corrected chi connectivity index (χ4v) is 10.5. The van der Waals surface area contributed by atoms with Crippen LogP contribution in [0.15, 0.2) is 29.3 Å². The van der Waals surface area contributed by atoms with Crippen LogP contribution >= 0.6 is 35.3 Å². The Bertz CT molecular complexity index is 1270. The van der Waals surface area contributed by atoms with Crippen molar-refractivity contribution in [2.24, 2.45) is 29.6 Å². The summed E-state index contributed by atoms with van der Waals surface area (Å²) in [5.74, 6) is 0.268. The number of unbranched alkanes of at least 4 members (excludes halogenated alkanes) is 2. The quantitative estimate of drug-likeness (QED) is 0.276. The lowest BCUT2D eigenvalue weighted by molar-refractivity contribution is -0.141. The average Bonchev–Trinajstić information content (AvgIpc) is 3.59. The largest absolute Gasteiger partial charge is 0.497 e. The maximum atomic E-state index is 13.6. The van der Waals surface area contributed by atoms with Gasteiger partial charge in [0.15, 0.2) is 3.95 Å². The highest BCUT2D eigenvalue weighted by Gasteiger charge is 2.69. The van der Waals surface area contributed by atoms with Crippen molar-refractivity contribution in [3.63, 3.8) is 0 Å². The number of aromatic nitrogens is 1. The number of methoxy groups -OCH3 is 1. The molecule has 7 nitrogen and oxygen atoms in total. The Kier molecular flexibility index (Phi) is 6.24. The van der Waals surface area contributed by atoms with Crippen LogP contribution < -0.4 is 4.74 Å². The van der Waals surface area contributed by atoms with E-state index in [9.17, 15) is 14.4 Å². The first kappa shape index (κ1) is 24.2. The maximum Gasteiger partial charge on any atom is 0.303 e. The highest BCUT2D eigenvalue weighted by Crippen LogP contribution is 2.68. The molecule has 4 aliphatic rings. The smallest absolute Gasteiger partial charge is 0.303 e. The van der Waals surface area contributed by atoms with Crippen molar-refractivity contribution in [3.8, 4) is 5.75 Å². The van der Waals surface area contributed by atoms with Crippen molar-refractivity contribution < 1.29 is 24.2 Å². The number of benzene rings is 1. The predicted octanol–water partition coefficient (Wildman–Crippen LogP) is 4.93. The van der Waals surface area contributed by atoms with Crippen LogP contribution in [0, 0.1) is 33.5 Å². The highest BCUT2D eigenvalue weighted by atomic mass is 32.2. The molecule has 1 saturated heterocycles. The number of aromatic amines is 1. The van der Waals surface area contributed by atoms with E-state index in [2.05, 4.69) is 17.1 Å². The van der Waals surface area contributed by atoms with E-state index in [0.29, 0.717) is 25.8 Å². The summed E-state index contributed by atoms with van der Waals surface area (Å²) in [6.07, 6.45) is 2.97. The highest BCUT2D eigenvalue weighted by molar-refractivity contribution is 8.00. The van der Waals surface area contributed by atoms with E-state index in [1.807, 2.05) is 23.9 Å². The van der Waals surface area contributed by atoms with Crippen LogP contribution in [0.3, 0.4) is 0 Å². The zero-order chi connectivity index (χ0) is 25.1. The lowest BCUT2D eigenvalue weighted by Gasteiger charge is -2.43. The lowest BCUT2D eigenvalue weighted by Crippen LogP contribution is -2.42. The Balaban J connectivity index is 1.28. The van der Waals surface area contributed by atoms with Crippen LogP contribution in [0.1, 0.15) is 48.5 Å². The second kappa shape index (κ2) is 9.29. The molecule has 6 rings (SSSR count). The van der Waals surface area contributed by atoms with Crippen LogP contribution in [0.25, 0.3) is 0 Å². The van der Waals surface area contributed by atoms with Crippen LogP contribution in [0.4, 0.5) is 0 Å². The first-order valence-corrected chi connectivity index (χ1v) is 14.6. The Morgan fingerprint density at radius 3 is 2.56 bits per heavy atom.